The molecular formula is C21H33N3O2S. The van der Waals surface area contributed by atoms with Crippen LogP contribution < -0.4 is 9.62 Å². The zero-order valence-corrected chi connectivity index (χ0v) is 17.1. The predicted molar refractivity (Wildman–Crippen MR) is 112 cm³/mol. The Bertz CT molecular complexity index is 699. The Morgan fingerprint density at radius 3 is 2.00 bits per heavy atom. The van der Waals surface area contributed by atoms with E-state index in [4.69, 9.17) is 0 Å². The van der Waals surface area contributed by atoms with Gasteiger partial charge in [-0.15, -0.1) is 0 Å². The van der Waals surface area contributed by atoms with Crippen LogP contribution in [0.3, 0.4) is 0 Å². The van der Waals surface area contributed by atoms with E-state index in [1.54, 1.807) is 0 Å². The Morgan fingerprint density at radius 2 is 1.37 bits per heavy atom. The minimum absolute atomic E-state index is 0.218. The first kappa shape index (κ1) is 19.1. The highest BCUT2D eigenvalue weighted by atomic mass is 32.2. The highest BCUT2D eigenvalue weighted by Crippen LogP contribution is 2.28. The van der Waals surface area contributed by atoms with E-state index in [9.17, 15) is 8.42 Å². The molecule has 0 unspecified atom stereocenters. The molecule has 1 aliphatic heterocycles. The molecule has 3 aliphatic rings. The summed E-state index contributed by atoms with van der Waals surface area (Å²) in [6, 6.07) is 8.74. The average Bonchev–Trinajstić information content (AvgIpc) is 3.25. The van der Waals surface area contributed by atoms with Gasteiger partial charge < -0.3 is 4.90 Å². The molecule has 5 nitrogen and oxygen atoms in total. The van der Waals surface area contributed by atoms with Crippen molar-refractivity contribution >= 4 is 21.4 Å². The third-order valence-corrected chi connectivity index (χ3v) is 8.51. The maximum atomic E-state index is 12.4. The summed E-state index contributed by atoms with van der Waals surface area (Å²) in [7, 11) is -3.24. The van der Waals surface area contributed by atoms with E-state index in [1.165, 1.54) is 37.8 Å². The second-order valence-corrected chi connectivity index (χ2v) is 10.4. The molecule has 0 radical (unpaired) electrons. The molecule has 27 heavy (non-hydrogen) atoms. The fraction of sp³-hybridized carbons (Fsp3) is 0.714. The Morgan fingerprint density at radius 1 is 0.778 bits per heavy atom. The van der Waals surface area contributed by atoms with Gasteiger partial charge in [0.1, 0.15) is 0 Å². The quantitative estimate of drug-likeness (QED) is 0.829. The molecular weight excluding hydrogens is 358 g/mol. The van der Waals surface area contributed by atoms with Gasteiger partial charge in [-0.3, -0.25) is 9.62 Å². The first-order valence-corrected chi connectivity index (χ1v) is 12.3. The number of sulfonamides is 1. The van der Waals surface area contributed by atoms with E-state index in [-0.39, 0.29) is 5.25 Å². The maximum absolute atomic E-state index is 12.4. The molecule has 1 aromatic rings. The van der Waals surface area contributed by atoms with Crippen LogP contribution in [0.15, 0.2) is 24.3 Å². The number of rotatable bonds is 5. The summed E-state index contributed by atoms with van der Waals surface area (Å²) in [5.74, 6) is 0. The Kier molecular flexibility index (Phi) is 5.93. The van der Waals surface area contributed by atoms with Gasteiger partial charge in [0.2, 0.25) is 10.0 Å². The van der Waals surface area contributed by atoms with Gasteiger partial charge in [-0.2, -0.15) is 0 Å². The number of benzene rings is 1. The van der Waals surface area contributed by atoms with Crippen molar-refractivity contribution in [3.05, 3.63) is 24.3 Å². The molecule has 150 valence electrons. The van der Waals surface area contributed by atoms with E-state index < -0.39 is 10.0 Å². The molecule has 0 aromatic heterocycles. The predicted octanol–water partition coefficient (Wildman–Crippen LogP) is 3.83. The van der Waals surface area contributed by atoms with Crippen LogP contribution in [0.2, 0.25) is 0 Å². The van der Waals surface area contributed by atoms with Gasteiger partial charge in [-0.25, -0.2) is 8.42 Å². The molecule has 1 N–H and O–H groups in total. The van der Waals surface area contributed by atoms with Crippen molar-refractivity contribution in [1.29, 1.82) is 0 Å². The topological polar surface area (TPSA) is 52.7 Å². The Balaban J connectivity index is 1.31. The van der Waals surface area contributed by atoms with Crippen LogP contribution in [0.4, 0.5) is 11.4 Å². The number of piperazine rings is 1. The summed E-state index contributed by atoms with van der Waals surface area (Å²) in [5.41, 5.74) is 1.88. The summed E-state index contributed by atoms with van der Waals surface area (Å²) in [6.07, 6.45) is 10.6. The molecule has 6 heteroatoms. The maximum Gasteiger partial charge on any atom is 0.235 e. The average molecular weight is 392 g/mol. The third-order valence-electron chi connectivity index (χ3n) is 6.64. The van der Waals surface area contributed by atoms with E-state index in [0.29, 0.717) is 5.69 Å². The monoisotopic (exact) mass is 391 g/mol. The lowest BCUT2D eigenvalue weighted by molar-refractivity contribution is 0.148. The van der Waals surface area contributed by atoms with Crippen molar-refractivity contribution in [3.63, 3.8) is 0 Å². The lowest BCUT2D eigenvalue weighted by Gasteiger charge is -2.41. The second-order valence-electron chi connectivity index (χ2n) is 8.42. The van der Waals surface area contributed by atoms with Crippen LogP contribution in [0.25, 0.3) is 0 Å². The van der Waals surface area contributed by atoms with Gasteiger partial charge in [-0.05, 0) is 49.9 Å². The zero-order chi connectivity index (χ0) is 18.7. The van der Waals surface area contributed by atoms with Crippen LogP contribution in [0.5, 0.6) is 0 Å². The van der Waals surface area contributed by atoms with Gasteiger partial charge >= 0.3 is 0 Å². The van der Waals surface area contributed by atoms with Crippen LogP contribution in [0, 0.1) is 0 Å². The molecule has 1 aromatic carbocycles. The minimum Gasteiger partial charge on any atom is -0.369 e. The normalized spacial score (nSPS) is 23.6. The number of hydrogen-bond acceptors (Lipinski definition) is 4. The van der Waals surface area contributed by atoms with Crippen molar-refractivity contribution in [2.75, 3.05) is 35.8 Å². The largest absolute Gasteiger partial charge is 0.369 e. The first-order chi connectivity index (χ1) is 13.1. The third kappa shape index (κ3) is 4.60. The highest BCUT2D eigenvalue weighted by molar-refractivity contribution is 7.93. The summed E-state index contributed by atoms with van der Waals surface area (Å²) < 4.78 is 27.7. The SMILES string of the molecule is O=S(=O)(Nc1ccc(N2CCN(C3CCCCC3)CC2)cc1)C1CCCC1. The van der Waals surface area contributed by atoms with E-state index in [1.807, 2.05) is 12.1 Å². The molecule has 1 saturated heterocycles. The summed E-state index contributed by atoms with van der Waals surface area (Å²) in [6.45, 7) is 4.40. The van der Waals surface area contributed by atoms with Gasteiger partial charge in [0.15, 0.2) is 0 Å². The van der Waals surface area contributed by atoms with Gasteiger partial charge in [-0.1, -0.05) is 32.1 Å². The van der Waals surface area contributed by atoms with Crippen LogP contribution in [0.1, 0.15) is 57.8 Å². The Labute approximate surface area is 164 Å². The molecule has 4 rings (SSSR count). The van der Waals surface area contributed by atoms with Gasteiger partial charge in [0, 0.05) is 43.6 Å². The van der Waals surface area contributed by atoms with Crippen molar-refractivity contribution < 1.29 is 8.42 Å². The molecule has 1 heterocycles. The smallest absolute Gasteiger partial charge is 0.235 e. The van der Waals surface area contributed by atoms with Crippen molar-refractivity contribution in [2.24, 2.45) is 0 Å². The first-order valence-electron chi connectivity index (χ1n) is 10.7. The molecule has 0 amide bonds. The fourth-order valence-electron chi connectivity index (χ4n) is 4.98. The number of hydrogen-bond donors (Lipinski definition) is 1. The van der Waals surface area contributed by atoms with Crippen molar-refractivity contribution in [2.45, 2.75) is 69.1 Å². The van der Waals surface area contributed by atoms with E-state index in [2.05, 4.69) is 26.7 Å². The summed E-state index contributed by atoms with van der Waals surface area (Å²) >= 11 is 0. The van der Waals surface area contributed by atoms with Crippen LogP contribution in [-0.2, 0) is 10.0 Å². The number of nitrogens with one attached hydrogen (secondary N) is 1. The Hall–Kier alpha value is -1.27. The second kappa shape index (κ2) is 8.39. The summed E-state index contributed by atoms with van der Waals surface area (Å²) in [4.78, 5) is 5.11. The van der Waals surface area contributed by atoms with Crippen molar-refractivity contribution in [1.82, 2.24) is 4.90 Å². The summed E-state index contributed by atoms with van der Waals surface area (Å²) in [5, 5.41) is -0.218. The van der Waals surface area contributed by atoms with E-state index in [0.717, 1.165) is 57.9 Å². The van der Waals surface area contributed by atoms with Crippen LogP contribution >= 0.6 is 0 Å². The number of anilines is 2. The standard InChI is InChI=1S/C21H33N3O2S/c25-27(26,21-8-4-5-9-21)22-18-10-12-20(13-11-18)24-16-14-23(15-17-24)19-6-2-1-3-7-19/h10-13,19,21-22H,1-9,14-17H2. The van der Waals surface area contributed by atoms with Gasteiger partial charge in [0.25, 0.3) is 0 Å². The minimum atomic E-state index is -3.24. The van der Waals surface area contributed by atoms with E-state index >= 15 is 0 Å². The lowest BCUT2D eigenvalue weighted by Crippen LogP contribution is -2.50. The highest BCUT2D eigenvalue weighted by Gasteiger charge is 2.29. The van der Waals surface area contributed by atoms with Crippen LogP contribution in [-0.4, -0.2) is 50.8 Å². The molecule has 0 bridgehead atoms. The zero-order valence-electron chi connectivity index (χ0n) is 16.3. The van der Waals surface area contributed by atoms with Gasteiger partial charge in [0.05, 0.1) is 5.25 Å². The molecule has 0 atom stereocenters. The molecule has 2 aliphatic carbocycles. The molecule has 2 saturated carbocycles. The number of nitrogens with zero attached hydrogens (tertiary/aromatic N) is 2. The lowest BCUT2D eigenvalue weighted by atomic mass is 9.94. The van der Waals surface area contributed by atoms with Crippen molar-refractivity contribution in [3.8, 4) is 0 Å². The molecule has 3 fully saturated rings. The fourth-order valence-corrected chi connectivity index (χ4v) is 6.56. The molecule has 0 spiro atoms.